The van der Waals surface area contributed by atoms with E-state index in [1.54, 1.807) is 0 Å². The third-order valence-corrected chi connectivity index (χ3v) is 4.09. The van der Waals surface area contributed by atoms with Crippen LogP contribution in [0.1, 0.15) is 30.8 Å². The van der Waals surface area contributed by atoms with E-state index >= 15 is 0 Å². The third kappa shape index (κ3) is 3.79. The molecule has 8 heteroatoms. The zero-order valence-corrected chi connectivity index (χ0v) is 15.1. The molecule has 1 amide bonds. The molecule has 0 spiro atoms. The minimum atomic E-state index is -3.68. The summed E-state index contributed by atoms with van der Waals surface area (Å²) in [4.78, 5) is 12.4. The van der Waals surface area contributed by atoms with Crippen LogP contribution < -0.4 is 14.8 Å². The van der Waals surface area contributed by atoms with Crippen LogP contribution >= 0.6 is 0 Å². The maximum atomic E-state index is 13.1. The van der Waals surface area contributed by atoms with Crippen molar-refractivity contribution >= 4 is 11.6 Å². The molecule has 140 valence electrons. The lowest BCUT2D eigenvalue weighted by Gasteiger charge is -2.09. The molecule has 0 atom stereocenters. The standard InChI is InChI=1S/C18H21F2N3O3/c1-10(2)9-23-12(4)14(11(3)22-23)8-17(24)21-13-5-6-15-16(7-13)26-18(19,20)25-15/h5-7,10H,8-9H2,1-4H3,(H,21,24). The van der Waals surface area contributed by atoms with E-state index in [4.69, 9.17) is 0 Å². The number of ether oxygens (including phenoxy) is 2. The zero-order chi connectivity index (χ0) is 19.1. The maximum Gasteiger partial charge on any atom is 0.586 e. The summed E-state index contributed by atoms with van der Waals surface area (Å²) in [6.45, 7) is 8.80. The minimum absolute atomic E-state index is 0.0605. The van der Waals surface area contributed by atoms with Crippen LogP contribution in [0.4, 0.5) is 14.5 Å². The number of hydrogen-bond acceptors (Lipinski definition) is 4. The molecule has 1 aliphatic heterocycles. The number of benzene rings is 1. The highest BCUT2D eigenvalue weighted by atomic mass is 19.3. The molecule has 0 saturated carbocycles. The van der Waals surface area contributed by atoms with Crippen molar-refractivity contribution in [2.75, 3.05) is 5.32 Å². The van der Waals surface area contributed by atoms with Crippen molar-refractivity contribution in [2.45, 2.75) is 47.0 Å². The van der Waals surface area contributed by atoms with Gasteiger partial charge in [-0.05, 0) is 31.9 Å². The first-order valence-corrected chi connectivity index (χ1v) is 8.37. The van der Waals surface area contributed by atoms with Gasteiger partial charge in [-0.15, -0.1) is 8.78 Å². The molecule has 0 fully saturated rings. The van der Waals surface area contributed by atoms with Gasteiger partial charge in [0.15, 0.2) is 11.5 Å². The van der Waals surface area contributed by atoms with Gasteiger partial charge >= 0.3 is 6.29 Å². The quantitative estimate of drug-likeness (QED) is 0.878. The van der Waals surface area contributed by atoms with E-state index < -0.39 is 6.29 Å². The number of aryl methyl sites for hydroxylation is 1. The van der Waals surface area contributed by atoms with Gasteiger partial charge in [-0.1, -0.05) is 13.8 Å². The second-order valence-electron chi connectivity index (χ2n) is 6.78. The summed E-state index contributed by atoms with van der Waals surface area (Å²) in [7, 11) is 0. The van der Waals surface area contributed by atoms with Gasteiger partial charge in [0.2, 0.25) is 5.91 Å². The van der Waals surface area contributed by atoms with Crippen LogP contribution in [0, 0.1) is 19.8 Å². The molecule has 1 aromatic carbocycles. The van der Waals surface area contributed by atoms with E-state index in [1.807, 2.05) is 18.5 Å². The molecule has 2 aromatic rings. The first kappa shape index (κ1) is 18.2. The number of alkyl halides is 2. The fourth-order valence-corrected chi connectivity index (χ4v) is 2.91. The van der Waals surface area contributed by atoms with E-state index in [2.05, 4.69) is 33.7 Å². The van der Waals surface area contributed by atoms with Gasteiger partial charge in [-0.3, -0.25) is 9.48 Å². The molecule has 1 aromatic heterocycles. The fourth-order valence-electron chi connectivity index (χ4n) is 2.91. The van der Waals surface area contributed by atoms with Gasteiger partial charge in [0, 0.05) is 29.6 Å². The molecule has 0 saturated heterocycles. The highest BCUT2D eigenvalue weighted by Crippen LogP contribution is 2.42. The molecule has 0 bridgehead atoms. The van der Waals surface area contributed by atoms with Crippen molar-refractivity contribution in [3.63, 3.8) is 0 Å². The number of halogens is 2. The monoisotopic (exact) mass is 365 g/mol. The van der Waals surface area contributed by atoms with Gasteiger partial charge in [0.25, 0.3) is 0 Å². The number of aromatic nitrogens is 2. The number of anilines is 1. The second kappa shape index (κ2) is 6.59. The fraction of sp³-hybridized carbons (Fsp3) is 0.444. The normalized spacial score (nSPS) is 14.7. The maximum absolute atomic E-state index is 13.1. The van der Waals surface area contributed by atoms with Crippen molar-refractivity contribution in [1.29, 1.82) is 0 Å². The van der Waals surface area contributed by atoms with Crippen LogP contribution in [0.3, 0.4) is 0 Å². The number of fused-ring (bicyclic) bond motifs is 1. The van der Waals surface area contributed by atoms with E-state index in [9.17, 15) is 13.6 Å². The van der Waals surface area contributed by atoms with Crippen molar-refractivity contribution in [2.24, 2.45) is 5.92 Å². The molecule has 3 rings (SSSR count). The van der Waals surface area contributed by atoms with Crippen LogP contribution in [0.2, 0.25) is 0 Å². The average Bonchev–Trinajstić information content (AvgIpc) is 2.95. The van der Waals surface area contributed by atoms with Crippen LogP contribution in [0.15, 0.2) is 18.2 Å². The number of nitrogens with one attached hydrogen (secondary N) is 1. The van der Waals surface area contributed by atoms with Crippen molar-refractivity contribution < 1.29 is 23.0 Å². The van der Waals surface area contributed by atoms with Gasteiger partial charge in [-0.25, -0.2) is 0 Å². The smallest absolute Gasteiger partial charge is 0.395 e. The number of nitrogens with zero attached hydrogens (tertiary/aromatic N) is 2. The predicted octanol–water partition coefficient (Wildman–Crippen LogP) is 3.66. The van der Waals surface area contributed by atoms with E-state index in [0.29, 0.717) is 11.6 Å². The molecule has 0 radical (unpaired) electrons. The molecular weight excluding hydrogens is 344 g/mol. The van der Waals surface area contributed by atoms with Crippen molar-refractivity contribution in [1.82, 2.24) is 9.78 Å². The van der Waals surface area contributed by atoms with Gasteiger partial charge in [-0.2, -0.15) is 5.10 Å². The molecule has 0 aliphatic carbocycles. The van der Waals surface area contributed by atoms with Gasteiger partial charge < -0.3 is 14.8 Å². The Balaban J connectivity index is 1.70. The summed E-state index contributed by atoms with van der Waals surface area (Å²) in [6.07, 6.45) is -3.52. The summed E-state index contributed by atoms with van der Waals surface area (Å²) in [5, 5.41) is 7.19. The number of amides is 1. The van der Waals surface area contributed by atoms with Crippen LogP contribution in [0.25, 0.3) is 0 Å². The Kier molecular flexibility index (Phi) is 4.60. The van der Waals surface area contributed by atoms with E-state index in [-0.39, 0.29) is 23.8 Å². The summed E-state index contributed by atoms with van der Waals surface area (Å²) >= 11 is 0. The summed E-state index contributed by atoms with van der Waals surface area (Å²) < 4.78 is 36.8. The molecule has 1 N–H and O–H groups in total. The van der Waals surface area contributed by atoms with Gasteiger partial charge in [0.1, 0.15) is 0 Å². The Morgan fingerprint density at radius 3 is 2.65 bits per heavy atom. The van der Waals surface area contributed by atoms with Gasteiger partial charge in [0.05, 0.1) is 12.1 Å². The molecule has 0 unspecified atom stereocenters. The Bertz CT molecular complexity index is 846. The molecule has 26 heavy (non-hydrogen) atoms. The van der Waals surface area contributed by atoms with Crippen LogP contribution in [-0.2, 0) is 17.8 Å². The highest BCUT2D eigenvalue weighted by Gasteiger charge is 2.43. The second-order valence-corrected chi connectivity index (χ2v) is 6.78. The Labute approximate surface area is 150 Å². The molecule has 6 nitrogen and oxygen atoms in total. The largest absolute Gasteiger partial charge is 0.586 e. The topological polar surface area (TPSA) is 65.4 Å². The number of carbonyl (C=O) groups is 1. The van der Waals surface area contributed by atoms with E-state index in [0.717, 1.165) is 23.5 Å². The first-order valence-electron chi connectivity index (χ1n) is 8.37. The van der Waals surface area contributed by atoms with Crippen molar-refractivity contribution in [3.05, 3.63) is 35.2 Å². The lowest BCUT2D eigenvalue weighted by molar-refractivity contribution is -0.286. The summed E-state index contributed by atoms with van der Waals surface area (Å²) in [5.41, 5.74) is 3.00. The minimum Gasteiger partial charge on any atom is -0.395 e. The third-order valence-electron chi connectivity index (χ3n) is 4.09. The summed E-state index contributed by atoms with van der Waals surface area (Å²) in [6, 6.07) is 4.14. The van der Waals surface area contributed by atoms with E-state index in [1.165, 1.54) is 18.2 Å². The molecule has 2 heterocycles. The lowest BCUT2D eigenvalue weighted by Crippen LogP contribution is -2.25. The molecule has 1 aliphatic rings. The lowest BCUT2D eigenvalue weighted by atomic mass is 10.1. The van der Waals surface area contributed by atoms with Crippen LogP contribution in [-0.4, -0.2) is 22.0 Å². The predicted molar refractivity (Wildman–Crippen MR) is 91.5 cm³/mol. The Morgan fingerprint density at radius 1 is 1.27 bits per heavy atom. The number of carbonyl (C=O) groups excluding carboxylic acids is 1. The summed E-state index contributed by atoms with van der Waals surface area (Å²) in [5.74, 6) is 0.0203. The average molecular weight is 365 g/mol. The Morgan fingerprint density at radius 2 is 1.96 bits per heavy atom. The Hall–Kier alpha value is -2.64. The van der Waals surface area contributed by atoms with Crippen molar-refractivity contribution in [3.8, 4) is 11.5 Å². The first-order chi connectivity index (χ1) is 12.1. The number of hydrogen-bond donors (Lipinski definition) is 1. The number of rotatable bonds is 5. The zero-order valence-electron chi connectivity index (χ0n) is 15.1. The highest BCUT2D eigenvalue weighted by molar-refractivity contribution is 5.92. The molecular formula is C18H21F2N3O3. The SMILES string of the molecule is Cc1nn(CC(C)C)c(C)c1CC(=O)Nc1ccc2c(c1)OC(F)(F)O2. The van der Waals surface area contributed by atoms with Crippen LogP contribution in [0.5, 0.6) is 11.5 Å².